The predicted molar refractivity (Wildman–Crippen MR) is 83.4 cm³/mol. The Bertz CT molecular complexity index is 940. The van der Waals surface area contributed by atoms with E-state index in [1.54, 1.807) is 6.07 Å². The van der Waals surface area contributed by atoms with E-state index in [-0.39, 0.29) is 29.6 Å². The summed E-state index contributed by atoms with van der Waals surface area (Å²) >= 11 is 0. The summed E-state index contributed by atoms with van der Waals surface area (Å²) in [5.74, 6) is -0.512. The first-order valence-electron chi connectivity index (χ1n) is 7.19. The Morgan fingerprint density at radius 2 is 1.91 bits per heavy atom. The normalized spacial score (nSPS) is 16.2. The smallest absolute Gasteiger partial charge is 0.264 e. The zero-order valence-corrected chi connectivity index (χ0v) is 12.9. The Balaban J connectivity index is 1.76. The van der Waals surface area contributed by atoms with Gasteiger partial charge in [-0.2, -0.15) is 0 Å². The Morgan fingerprint density at radius 1 is 1.09 bits per heavy atom. The molecule has 0 radical (unpaired) electrons. The molecule has 0 saturated heterocycles. The molecule has 1 N–H and O–H groups in total. The zero-order chi connectivity index (χ0) is 16.2. The number of benzene rings is 2. The summed E-state index contributed by atoms with van der Waals surface area (Å²) in [4.78, 5) is 11.5. The first kappa shape index (κ1) is 14.2. The number of hydrogen-bond acceptors (Lipinski definition) is 3. The highest BCUT2D eigenvalue weighted by atomic mass is 32.2. The first-order valence-corrected chi connectivity index (χ1v) is 8.63. The Kier molecular flexibility index (Phi) is 2.96. The standard InChI is InChI=1S/C16H13FN2O3S/c17-12-1-4-15-10(7-12)5-6-19(15)23(21,22)13-2-3-14-11(8-13)9-16(20)18-14/h1-4,7-8H,5-6,9H2,(H,18,20). The molecule has 2 heterocycles. The molecule has 1 amide bonds. The van der Waals surface area contributed by atoms with Crippen LogP contribution in [0, 0.1) is 5.82 Å². The van der Waals surface area contributed by atoms with Crippen LogP contribution in [0.3, 0.4) is 0 Å². The van der Waals surface area contributed by atoms with E-state index in [0.29, 0.717) is 28.9 Å². The summed E-state index contributed by atoms with van der Waals surface area (Å²) in [5.41, 5.74) is 2.53. The fourth-order valence-corrected chi connectivity index (χ4v) is 4.64. The quantitative estimate of drug-likeness (QED) is 0.915. The van der Waals surface area contributed by atoms with E-state index in [2.05, 4.69) is 5.32 Å². The van der Waals surface area contributed by atoms with Gasteiger partial charge in [-0.15, -0.1) is 0 Å². The summed E-state index contributed by atoms with van der Waals surface area (Å²) in [6.45, 7) is 0.287. The van der Waals surface area contributed by atoms with Crippen molar-refractivity contribution in [3.8, 4) is 0 Å². The van der Waals surface area contributed by atoms with Gasteiger partial charge in [-0.25, -0.2) is 12.8 Å². The summed E-state index contributed by atoms with van der Waals surface area (Å²) in [6.07, 6.45) is 0.664. The molecule has 118 valence electrons. The van der Waals surface area contributed by atoms with Gasteiger partial charge >= 0.3 is 0 Å². The topological polar surface area (TPSA) is 66.5 Å². The van der Waals surface area contributed by atoms with Crippen molar-refractivity contribution in [3.63, 3.8) is 0 Å². The monoisotopic (exact) mass is 332 g/mol. The van der Waals surface area contributed by atoms with Gasteiger partial charge in [0, 0.05) is 12.2 Å². The van der Waals surface area contributed by atoms with E-state index in [1.807, 2.05) is 0 Å². The number of amides is 1. The fraction of sp³-hybridized carbons (Fsp3) is 0.188. The molecular weight excluding hydrogens is 319 g/mol. The van der Waals surface area contributed by atoms with E-state index in [9.17, 15) is 17.6 Å². The summed E-state index contributed by atoms with van der Waals surface area (Å²) in [5, 5.41) is 2.68. The maximum atomic E-state index is 13.3. The minimum atomic E-state index is -3.73. The van der Waals surface area contributed by atoms with Gasteiger partial charge in [0.25, 0.3) is 10.0 Å². The molecule has 23 heavy (non-hydrogen) atoms. The number of hydrogen-bond donors (Lipinski definition) is 1. The van der Waals surface area contributed by atoms with Gasteiger partial charge < -0.3 is 5.32 Å². The van der Waals surface area contributed by atoms with Crippen molar-refractivity contribution < 1.29 is 17.6 Å². The molecule has 0 aliphatic carbocycles. The molecule has 0 saturated carbocycles. The summed E-state index contributed by atoms with van der Waals surface area (Å²) in [7, 11) is -3.73. The minimum Gasteiger partial charge on any atom is -0.326 e. The number of halogens is 1. The second-order valence-electron chi connectivity index (χ2n) is 5.64. The van der Waals surface area contributed by atoms with Gasteiger partial charge in [-0.05, 0) is 53.9 Å². The molecule has 0 unspecified atom stereocenters. The molecule has 0 atom stereocenters. The lowest BCUT2D eigenvalue weighted by Crippen LogP contribution is -2.29. The second kappa shape index (κ2) is 4.79. The van der Waals surface area contributed by atoms with Crippen LogP contribution in [0.25, 0.3) is 0 Å². The maximum Gasteiger partial charge on any atom is 0.264 e. The SMILES string of the molecule is O=C1Cc2cc(S(=O)(=O)N3CCc4cc(F)ccc43)ccc2N1. The lowest BCUT2D eigenvalue weighted by atomic mass is 10.2. The van der Waals surface area contributed by atoms with Gasteiger partial charge in [0.2, 0.25) is 5.91 Å². The van der Waals surface area contributed by atoms with E-state index >= 15 is 0 Å². The molecule has 2 aromatic rings. The van der Waals surface area contributed by atoms with E-state index in [4.69, 9.17) is 0 Å². The molecule has 0 aromatic heterocycles. The third-order valence-corrected chi connectivity index (χ3v) is 5.99. The van der Waals surface area contributed by atoms with Crippen LogP contribution in [-0.4, -0.2) is 20.9 Å². The summed E-state index contributed by atoms with van der Waals surface area (Å²) in [6, 6.07) is 8.75. The van der Waals surface area contributed by atoms with Crippen LogP contribution in [0.1, 0.15) is 11.1 Å². The molecule has 7 heteroatoms. The number of anilines is 2. The van der Waals surface area contributed by atoms with Crippen LogP contribution in [-0.2, 0) is 27.7 Å². The fourth-order valence-electron chi connectivity index (χ4n) is 3.08. The highest BCUT2D eigenvalue weighted by Crippen LogP contribution is 2.34. The number of carbonyl (C=O) groups excluding carboxylic acids is 1. The van der Waals surface area contributed by atoms with Crippen LogP contribution in [0.4, 0.5) is 15.8 Å². The molecule has 0 bridgehead atoms. The first-order chi connectivity index (χ1) is 10.9. The molecule has 2 aromatic carbocycles. The van der Waals surface area contributed by atoms with Crippen LogP contribution in [0.2, 0.25) is 0 Å². The van der Waals surface area contributed by atoms with Crippen LogP contribution in [0.15, 0.2) is 41.3 Å². The van der Waals surface area contributed by atoms with Crippen molar-refractivity contribution in [2.45, 2.75) is 17.7 Å². The molecule has 2 aliphatic heterocycles. The number of carbonyl (C=O) groups is 1. The zero-order valence-electron chi connectivity index (χ0n) is 12.0. The van der Waals surface area contributed by atoms with Crippen molar-refractivity contribution in [3.05, 3.63) is 53.3 Å². The Hall–Kier alpha value is -2.41. The second-order valence-corrected chi connectivity index (χ2v) is 7.51. The average molecular weight is 332 g/mol. The molecular formula is C16H13FN2O3S. The van der Waals surface area contributed by atoms with Gasteiger partial charge in [-0.1, -0.05) is 0 Å². The van der Waals surface area contributed by atoms with Crippen molar-refractivity contribution in [1.29, 1.82) is 0 Å². The highest BCUT2D eigenvalue weighted by molar-refractivity contribution is 7.92. The molecule has 0 spiro atoms. The minimum absolute atomic E-state index is 0.142. The maximum absolute atomic E-state index is 13.3. The van der Waals surface area contributed by atoms with Crippen molar-refractivity contribution >= 4 is 27.3 Å². The average Bonchev–Trinajstić information content (AvgIpc) is 3.08. The largest absolute Gasteiger partial charge is 0.326 e. The van der Waals surface area contributed by atoms with Gasteiger partial charge in [0.1, 0.15) is 5.82 Å². The van der Waals surface area contributed by atoms with Gasteiger partial charge in [0.15, 0.2) is 0 Å². The van der Waals surface area contributed by atoms with Gasteiger partial charge in [-0.3, -0.25) is 9.10 Å². The van der Waals surface area contributed by atoms with Crippen molar-refractivity contribution in [2.75, 3.05) is 16.2 Å². The molecule has 5 nitrogen and oxygen atoms in total. The van der Waals surface area contributed by atoms with Crippen LogP contribution >= 0.6 is 0 Å². The summed E-state index contributed by atoms with van der Waals surface area (Å²) < 4.78 is 40.4. The molecule has 4 rings (SSSR count). The van der Waals surface area contributed by atoms with E-state index in [1.165, 1.54) is 34.6 Å². The Labute approximate surface area is 132 Å². The van der Waals surface area contributed by atoms with Crippen molar-refractivity contribution in [1.82, 2.24) is 0 Å². The number of nitrogens with zero attached hydrogens (tertiary/aromatic N) is 1. The van der Waals surface area contributed by atoms with Crippen molar-refractivity contribution in [2.24, 2.45) is 0 Å². The Morgan fingerprint density at radius 3 is 2.74 bits per heavy atom. The molecule has 2 aliphatic rings. The third kappa shape index (κ3) is 2.19. The van der Waals surface area contributed by atoms with Gasteiger partial charge in [0.05, 0.1) is 17.0 Å². The van der Waals surface area contributed by atoms with E-state index in [0.717, 1.165) is 0 Å². The predicted octanol–water partition coefficient (Wildman–Crippen LogP) is 2.07. The lowest BCUT2D eigenvalue weighted by molar-refractivity contribution is -0.115. The number of fused-ring (bicyclic) bond motifs is 2. The van der Waals surface area contributed by atoms with E-state index < -0.39 is 10.0 Å². The highest BCUT2D eigenvalue weighted by Gasteiger charge is 2.32. The van der Waals surface area contributed by atoms with Crippen LogP contribution < -0.4 is 9.62 Å². The number of rotatable bonds is 2. The third-order valence-electron chi connectivity index (χ3n) is 4.18. The number of sulfonamides is 1. The molecule has 0 fully saturated rings. The lowest BCUT2D eigenvalue weighted by Gasteiger charge is -2.20. The number of nitrogens with one attached hydrogen (secondary N) is 1. The van der Waals surface area contributed by atoms with Crippen LogP contribution in [0.5, 0.6) is 0 Å².